The van der Waals surface area contributed by atoms with Crippen LogP contribution in [-0.4, -0.2) is 26.8 Å². The van der Waals surface area contributed by atoms with E-state index in [0.717, 1.165) is 11.1 Å². The molecule has 8 nitrogen and oxygen atoms in total. The van der Waals surface area contributed by atoms with Crippen molar-refractivity contribution in [1.29, 1.82) is 0 Å². The van der Waals surface area contributed by atoms with Crippen molar-refractivity contribution >= 4 is 17.8 Å². The molecule has 0 fully saturated rings. The van der Waals surface area contributed by atoms with Crippen molar-refractivity contribution in [3.63, 3.8) is 0 Å². The monoisotopic (exact) mass is 381 g/mol. The van der Waals surface area contributed by atoms with Crippen LogP contribution < -0.4 is 5.43 Å². The van der Waals surface area contributed by atoms with Crippen LogP contribution in [0.5, 0.6) is 0 Å². The maximum absolute atomic E-state index is 13.1. The highest BCUT2D eigenvalue weighted by Gasteiger charge is 2.25. The Kier molecular flexibility index (Phi) is 5.54. The van der Waals surface area contributed by atoms with Gasteiger partial charge in [-0.3, -0.25) is 19.6 Å². The van der Waals surface area contributed by atoms with Gasteiger partial charge < -0.3 is 0 Å². The molecule has 0 atom stereocenters. The van der Waals surface area contributed by atoms with Crippen molar-refractivity contribution in [3.05, 3.63) is 93.0 Å². The van der Waals surface area contributed by atoms with Gasteiger partial charge in [0, 0.05) is 0 Å². The number of nitrogens with zero attached hydrogens (tertiary/aromatic N) is 4. The van der Waals surface area contributed by atoms with Crippen LogP contribution in [0.15, 0.2) is 59.8 Å². The average molecular weight is 381 g/mol. The molecular weight excluding hydrogens is 365 g/mol. The Labute approximate surface area is 159 Å². The van der Waals surface area contributed by atoms with E-state index in [0.29, 0.717) is 5.56 Å². The highest BCUT2D eigenvalue weighted by atomic mass is 19.1. The lowest BCUT2D eigenvalue weighted by Crippen LogP contribution is -2.19. The number of rotatable bonds is 6. The molecule has 0 saturated carbocycles. The summed E-state index contributed by atoms with van der Waals surface area (Å²) in [6.45, 7) is 2.23. The molecule has 1 N–H and O–H groups in total. The number of nitro groups is 1. The van der Waals surface area contributed by atoms with Gasteiger partial charge in [0.25, 0.3) is 5.91 Å². The summed E-state index contributed by atoms with van der Waals surface area (Å²) in [5.74, 6) is -1.28. The van der Waals surface area contributed by atoms with Crippen LogP contribution in [0.2, 0.25) is 0 Å². The molecule has 0 aliphatic heterocycles. The second kappa shape index (κ2) is 8.21. The van der Waals surface area contributed by atoms with Crippen molar-refractivity contribution in [1.82, 2.24) is 15.2 Å². The summed E-state index contributed by atoms with van der Waals surface area (Å²) in [4.78, 5) is 22.8. The number of carbonyl (C=O) groups excluding carboxylic acids is 1. The van der Waals surface area contributed by atoms with Gasteiger partial charge in [-0.15, -0.1) is 0 Å². The van der Waals surface area contributed by atoms with Gasteiger partial charge in [-0.2, -0.15) is 10.2 Å². The molecule has 3 rings (SSSR count). The highest BCUT2D eigenvalue weighted by molar-refractivity contribution is 5.96. The molecule has 0 saturated heterocycles. The lowest BCUT2D eigenvalue weighted by Gasteiger charge is -2.01. The number of benzene rings is 2. The Bertz CT molecular complexity index is 1040. The number of aryl methyl sites for hydroxylation is 1. The SMILES string of the molecule is Cc1ccc(Cn2cc([N+](=O)[O-])c(C(=O)N/N=C\c3cccc(F)c3)n2)cc1. The first-order chi connectivity index (χ1) is 13.4. The Morgan fingerprint density at radius 2 is 2.07 bits per heavy atom. The van der Waals surface area contributed by atoms with Crippen LogP contribution in [0.3, 0.4) is 0 Å². The molecule has 9 heteroatoms. The molecule has 2 aromatic carbocycles. The lowest BCUT2D eigenvalue weighted by molar-refractivity contribution is -0.385. The number of carbonyl (C=O) groups is 1. The summed E-state index contributed by atoms with van der Waals surface area (Å²) in [7, 11) is 0. The minimum atomic E-state index is -0.831. The largest absolute Gasteiger partial charge is 0.320 e. The highest BCUT2D eigenvalue weighted by Crippen LogP contribution is 2.18. The minimum Gasteiger partial charge on any atom is -0.265 e. The zero-order valence-corrected chi connectivity index (χ0v) is 14.9. The number of aromatic nitrogens is 2. The van der Waals surface area contributed by atoms with E-state index in [1.807, 2.05) is 31.2 Å². The van der Waals surface area contributed by atoms with Gasteiger partial charge in [-0.05, 0) is 30.2 Å². The average Bonchev–Trinajstić information content (AvgIpc) is 3.08. The van der Waals surface area contributed by atoms with Crippen molar-refractivity contribution in [2.45, 2.75) is 13.5 Å². The second-order valence-electron chi connectivity index (χ2n) is 6.06. The topological polar surface area (TPSA) is 102 Å². The Morgan fingerprint density at radius 3 is 2.75 bits per heavy atom. The molecule has 0 bridgehead atoms. The Balaban J connectivity index is 1.76. The predicted molar refractivity (Wildman–Crippen MR) is 101 cm³/mol. The van der Waals surface area contributed by atoms with E-state index in [1.165, 1.54) is 35.3 Å². The molecule has 0 radical (unpaired) electrons. The standard InChI is InChI=1S/C19H16FN5O3/c1-13-5-7-14(8-6-13)11-24-12-17(25(27)28)18(23-24)19(26)22-21-10-15-3-2-4-16(20)9-15/h2-10,12H,11H2,1H3,(H,22,26)/b21-10-. The van der Waals surface area contributed by atoms with Crippen LogP contribution in [-0.2, 0) is 6.54 Å². The van der Waals surface area contributed by atoms with E-state index in [9.17, 15) is 19.3 Å². The van der Waals surface area contributed by atoms with Crippen molar-refractivity contribution in [2.75, 3.05) is 0 Å². The van der Waals surface area contributed by atoms with Gasteiger partial charge in [-0.25, -0.2) is 9.82 Å². The molecule has 3 aromatic rings. The van der Waals surface area contributed by atoms with E-state index < -0.39 is 22.3 Å². The third-order valence-electron chi connectivity index (χ3n) is 3.85. The zero-order valence-electron chi connectivity index (χ0n) is 14.9. The summed E-state index contributed by atoms with van der Waals surface area (Å²) < 4.78 is 14.5. The third kappa shape index (κ3) is 4.64. The van der Waals surface area contributed by atoms with Gasteiger partial charge in [0.15, 0.2) is 0 Å². The van der Waals surface area contributed by atoms with E-state index in [4.69, 9.17) is 0 Å². The first-order valence-electron chi connectivity index (χ1n) is 8.29. The summed E-state index contributed by atoms with van der Waals surface area (Å²) >= 11 is 0. The fourth-order valence-corrected chi connectivity index (χ4v) is 2.47. The van der Waals surface area contributed by atoms with Crippen LogP contribution in [0.1, 0.15) is 27.2 Å². The molecule has 1 heterocycles. The number of nitrogens with one attached hydrogen (secondary N) is 1. The molecule has 28 heavy (non-hydrogen) atoms. The van der Waals surface area contributed by atoms with Crippen LogP contribution >= 0.6 is 0 Å². The summed E-state index contributed by atoms with van der Waals surface area (Å²) in [5.41, 5.74) is 3.80. The van der Waals surface area contributed by atoms with Crippen LogP contribution in [0.4, 0.5) is 10.1 Å². The van der Waals surface area contributed by atoms with Gasteiger partial charge in [-0.1, -0.05) is 42.0 Å². The molecule has 142 valence electrons. The fourth-order valence-electron chi connectivity index (χ4n) is 2.47. The van der Waals surface area contributed by atoms with E-state index in [1.54, 1.807) is 6.07 Å². The Hall–Kier alpha value is -3.88. The summed E-state index contributed by atoms with van der Waals surface area (Å²) in [5, 5.41) is 19.0. The Morgan fingerprint density at radius 1 is 1.32 bits per heavy atom. The van der Waals surface area contributed by atoms with Crippen LogP contribution in [0, 0.1) is 22.9 Å². The van der Waals surface area contributed by atoms with Gasteiger partial charge in [0.1, 0.15) is 12.0 Å². The number of hydrogen-bond acceptors (Lipinski definition) is 5. The molecule has 0 aliphatic carbocycles. The van der Waals surface area contributed by atoms with Crippen LogP contribution in [0.25, 0.3) is 0 Å². The van der Waals surface area contributed by atoms with Gasteiger partial charge in [0.05, 0.1) is 17.7 Å². The smallest absolute Gasteiger partial charge is 0.265 e. The third-order valence-corrected chi connectivity index (χ3v) is 3.85. The molecule has 1 aromatic heterocycles. The fraction of sp³-hybridized carbons (Fsp3) is 0.105. The number of halogens is 1. The molecule has 0 spiro atoms. The van der Waals surface area contributed by atoms with Gasteiger partial charge >= 0.3 is 5.69 Å². The number of hydrogen-bond donors (Lipinski definition) is 1. The summed E-state index contributed by atoms with van der Waals surface area (Å²) in [6, 6.07) is 13.2. The molecule has 0 unspecified atom stereocenters. The quantitative estimate of drug-likeness (QED) is 0.403. The lowest BCUT2D eigenvalue weighted by atomic mass is 10.1. The summed E-state index contributed by atoms with van der Waals surface area (Å²) in [6.07, 6.45) is 2.43. The van der Waals surface area contributed by atoms with Crippen molar-refractivity contribution in [2.24, 2.45) is 5.10 Å². The van der Waals surface area contributed by atoms with Crippen molar-refractivity contribution < 1.29 is 14.1 Å². The zero-order chi connectivity index (χ0) is 20.1. The number of amides is 1. The number of hydrazone groups is 1. The maximum Gasteiger partial charge on any atom is 0.320 e. The van der Waals surface area contributed by atoms with E-state index in [-0.39, 0.29) is 12.2 Å². The molecule has 0 aliphatic rings. The first-order valence-corrected chi connectivity index (χ1v) is 8.29. The predicted octanol–water partition coefficient (Wildman–Crippen LogP) is 3.05. The van der Waals surface area contributed by atoms with E-state index >= 15 is 0 Å². The second-order valence-corrected chi connectivity index (χ2v) is 6.06. The molecular formula is C19H16FN5O3. The minimum absolute atomic E-state index is 0.279. The van der Waals surface area contributed by atoms with E-state index in [2.05, 4.69) is 15.6 Å². The maximum atomic E-state index is 13.1. The first kappa shape index (κ1) is 18.9. The normalized spacial score (nSPS) is 10.9. The van der Waals surface area contributed by atoms with Gasteiger partial charge in [0.2, 0.25) is 5.69 Å². The molecule has 1 amide bonds. The van der Waals surface area contributed by atoms with Crippen molar-refractivity contribution in [3.8, 4) is 0 Å².